The highest BCUT2D eigenvalue weighted by atomic mass is 16.5. The first-order valence-corrected chi connectivity index (χ1v) is 5.57. The summed E-state index contributed by atoms with van der Waals surface area (Å²) in [7, 11) is 0. The lowest BCUT2D eigenvalue weighted by Crippen LogP contribution is -2.14. The molecular weight excluding hydrogens is 234 g/mol. The summed E-state index contributed by atoms with van der Waals surface area (Å²) in [5.41, 5.74) is 0.659. The minimum atomic E-state index is -0.699. The average Bonchev–Trinajstić information content (AvgIpc) is 2.31. The Bertz CT molecular complexity index is 672. The summed E-state index contributed by atoms with van der Waals surface area (Å²) in [6.45, 7) is 3.71. The van der Waals surface area contributed by atoms with Gasteiger partial charge in [0.05, 0.1) is 6.61 Å². The van der Waals surface area contributed by atoms with Crippen molar-refractivity contribution in [2.24, 2.45) is 0 Å². The third-order valence-electron chi connectivity index (χ3n) is 2.62. The second-order valence-corrected chi connectivity index (χ2v) is 3.95. The van der Waals surface area contributed by atoms with E-state index in [1.54, 1.807) is 25.1 Å². The predicted molar refractivity (Wildman–Crippen MR) is 66.9 cm³/mol. The van der Waals surface area contributed by atoms with Crippen LogP contribution in [-0.2, 0) is 4.74 Å². The third kappa shape index (κ3) is 1.95. The zero-order chi connectivity index (χ0) is 13.3. The number of carbonyl (C=O) groups is 1. The number of fused-ring (bicyclic) bond motifs is 1. The van der Waals surface area contributed by atoms with Gasteiger partial charge in [0.2, 0.25) is 0 Å². The maximum absolute atomic E-state index is 11.8. The number of ether oxygens (including phenoxy) is 1. The summed E-state index contributed by atoms with van der Waals surface area (Å²) in [5, 5.41) is 10.2. The maximum atomic E-state index is 11.8. The summed E-state index contributed by atoms with van der Waals surface area (Å²) in [5.74, 6) is -1.31. The van der Waals surface area contributed by atoms with Crippen molar-refractivity contribution < 1.29 is 14.6 Å². The fraction of sp³-hybridized carbons (Fsp3) is 0.231. The molecule has 5 nitrogen and oxygen atoms in total. The summed E-state index contributed by atoms with van der Waals surface area (Å²) < 4.78 is 4.85. The number of H-pyrrole nitrogens is 1. The Kier molecular flexibility index (Phi) is 3.06. The lowest BCUT2D eigenvalue weighted by molar-refractivity contribution is 0.0525. The van der Waals surface area contributed by atoms with Gasteiger partial charge in [0.15, 0.2) is 5.75 Å². The van der Waals surface area contributed by atoms with Crippen LogP contribution in [0, 0.1) is 6.92 Å². The zero-order valence-corrected chi connectivity index (χ0v) is 10.1. The van der Waals surface area contributed by atoms with E-state index in [2.05, 4.69) is 4.98 Å². The quantitative estimate of drug-likeness (QED) is 0.792. The SMILES string of the molecule is CCOC(=O)c1c(O)c(=O)[nH]c2cc(C)ccc12. The fourth-order valence-corrected chi connectivity index (χ4v) is 1.81. The van der Waals surface area contributed by atoms with Crippen molar-refractivity contribution in [2.75, 3.05) is 6.61 Å². The van der Waals surface area contributed by atoms with Gasteiger partial charge in [-0.05, 0) is 25.5 Å². The van der Waals surface area contributed by atoms with Crippen LogP contribution in [0.4, 0.5) is 0 Å². The first kappa shape index (κ1) is 12.2. The van der Waals surface area contributed by atoms with E-state index in [1.165, 1.54) is 0 Å². The fourth-order valence-electron chi connectivity index (χ4n) is 1.81. The highest BCUT2D eigenvalue weighted by Crippen LogP contribution is 2.23. The van der Waals surface area contributed by atoms with Crippen molar-refractivity contribution in [3.63, 3.8) is 0 Å². The average molecular weight is 247 g/mol. The number of nitrogens with one attached hydrogen (secondary N) is 1. The predicted octanol–water partition coefficient (Wildman–Crippen LogP) is 1.72. The third-order valence-corrected chi connectivity index (χ3v) is 2.62. The number of aromatic amines is 1. The minimum Gasteiger partial charge on any atom is -0.502 e. The topological polar surface area (TPSA) is 79.4 Å². The second kappa shape index (κ2) is 4.52. The van der Waals surface area contributed by atoms with Crippen molar-refractivity contribution in [3.05, 3.63) is 39.7 Å². The molecule has 0 saturated carbocycles. The largest absolute Gasteiger partial charge is 0.502 e. The number of aromatic nitrogens is 1. The van der Waals surface area contributed by atoms with Gasteiger partial charge in [0.1, 0.15) is 5.56 Å². The van der Waals surface area contributed by atoms with Crippen molar-refractivity contribution >= 4 is 16.9 Å². The normalized spacial score (nSPS) is 10.6. The molecule has 2 N–H and O–H groups in total. The van der Waals surface area contributed by atoms with E-state index < -0.39 is 17.3 Å². The number of benzene rings is 1. The molecule has 18 heavy (non-hydrogen) atoms. The highest BCUT2D eigenvalue weighted by molar-refractivity contribution is 6.05. The molecular formula is C13H13NO4. The summed E-state index contributed by atoms with van der Waals surface area (Å²) >= 11 is 0. The molecule has 0 amide bonds. The van der Waals surface area contributed by atoms with E-state index >= 15 is 0 Å². The van der Waals surface area contributed by atoms with E-state index in [0.29, 0.717) is 10.9 Å². The molecule has 0 unspecified atom stereocenters. The Balaban J connectivity index is 2.80. The molecule has 0 aliphatic rings. The number of hydrogen-bond acceptors (Lipinski definition) is 4. The Morgan fingerprint density at radius 1 is 1.44 bits per heavy atom. The molecule has 1 aromatic heterocycles. The van der Waals surface area contributed by atoms with Gasteiger partial charge in [0, 0.05) is 10.9 Å². The van der Waals surface area contributed by atoms with E-state index in [0.717, 1.165) is 5.56 Å². The molecule has 2 aromatic rings. The molecule has 1 heterocycles. The van der Waals surface area contributed by atoms with Crippen molar-refractivity contribution in [2.45, 2.75) is 13.8 Å². The maximum Gasteiger partial charge on any atom is 0.342 e. The van der Waals surface area contributed by atoms with Crippen LogP contribution in [0.3, 0.4) is 0 Å². The van der Waals surface area contributed by atoms with Crippen LogP contribution < -0.4 is 5.56 Å². The van der Waals surface area contributed by atoms with Crippen LogP contribution in [0.25, 0.3) is 10.9 Å². The number of aromatic hydroxyl groups is 1. The van der Waals surface area contributed by atoms with Gasteiger partial charge in [-0.15, -0.1) is 0 Å². The lowest BCUT2D eigenvalue weighted by atomic mass is 10.1. The van der Waals surface area contributed by atoms with Crippen molar-refractivity contribution in [1.29, 1.82) is 0 Å². The smallest absolute Gasteiger partial charge is 0.342 e. The van der Waals surface area contributed by atoms with Gasteiger partial charge >= 0.3 is 5.97 Å². The molecule has 0 fully saturated rings. The number of pyridine rings is 1. The van der Waals surface area contributed by atoms with Gasteiger partial charge < -0.3 is 14.8 Å². The minimum absolute atomic E-state index is 0.0874. The monoisotopic (exact) mass is 247 g/mol. The first-order chi connectivity index (χ1) is 8.54. The van der Waals surface area contributed by atoms with Crippen molar-refractivity contribution in [3.8, 4) is 5.75 Å². The highest BCUT2D eigenvalue weighted by Gasteiger charge is 2.19. The Hall–Kier alpha value is -2.30. The number of hydrogen-bond donors (Lipinski definition) is 2. The van der Waals surface area contributed by atoms with Crippen LogP contribution in [-0.4, -0.2) is 22.7 Å². The van der Waals surface area contributed by atoms with Gasteiger partial charge in [0.25, 0.3) is 5.56 Å². The molecule has 0 saturated heterocycles. The van der Waals surface area contributed by atoms with Gasteiger partial charge in [-0.1, -0.05) is 12.1 Å². The standard InChI is InChI=1S/C13H13NO4/c1-3-18-13(17)10-8-5-4-7(2)6-9(8)14-12(16)11(10)15/h4-6,15H,3H2,1-2H3,(H,14,16). The van der Waals surface area contributed by atoms with Crippen molar-refractivity contribution in [1.82, 2.24) is 4.98 Å². The number of esters is 1. The van der Waals surface area contributed by atoms with Crippen LogP contribution in [0.15, 0.2) is 23.0 Å². The first-order valence-electron chi connectivity index (χ1n) is 5.57. The van der Waals surface area contributed by atoms with E-state index in [-0.39, 0.29) is 12.2 Å². The molecule has 5 heteroatoms. The summed E-state index contributed by atoms with van der Waals surface area (Å²) in [6, 6.07) is 5.20. The van der Waals surface area contributed by atoms with Crippen LogP contribution >= 0.6 is 0 Å². The van der Waals surface area contributed by atoms with E-state index in [1.807, 2.05) is 6.92 Å². The lowest BCUT2D eigenvalue weighted by Gasteiger charge is -2.08. The molecule has 0 spiro atoms. The number of aryl methyl sites for hydroxylation is 1. The second-order valence-electron chi connectivity index (χ2n) is 3.95. The zero-order valence-electron chi connectivity index (χ0n) is 10.1. The van der Waals surface area contributed by atoms with Gasteiger partial charge in [-0.3, -0.25) is 4.79 Å². The molecule has 0 aliphatic heterocycles. The Morgan fingerprint density at radius 2 is 2.17 bits per heavy atom. The molecule has 1 aromatic carbocycles. The van der Waals surface area contributed by atoms with Crippen LogP contribution in [0.2, 0.25) is 0 Å². The molecule has 0 atom stereocenters. The molecule has 94 valence electrons. The summed E-state index contributed by atoms with van der Waals surface area (Å²) in [6.07, 6.45) is 0. The van der Waals surface area contributed by atoms with Crippen LogP contribution in [0.5, 0.6) is 5.75 Å². The van der Waals surface area contributed by atoms with Gasteiger partial charge in [-0.2, -0.15) is 0 Å². The number of rotatable bonds is 2. The van der Waals surface area contributed by atoms with Gasteiger partial charge in [-0.25, -0.2) is 4.79 Å². The molecule has 0 radical (unpaired) electrons. The molecule has 0 aliphatic carbocycles. The van der Waals surface area contributed by atoms with Crippen LogP contribution in [0.1, 0.15) is 22.8 Å². The Labute approximate surface area is 103 Å². The van der Waals surface area contributed by atoms with E-state index in [4.69, 9.17) is 4.74 Å². The molecule has 0 bridgehead atoms. The summed E-state index contributed by atoms with van der Waals surface area (Å²) in [4.78, 5) is 25.9. The van der Waals surface area contributed by atoms with E-state index in [9.17, 15) is 14.7 Å². The Morgan fingerprint density at radius 3 is 2.83 bits per heavy atom. The number of carbonyl (C=O) groups excluding carboxylic acids is 1. The molecule has 2 rings (SSSR count).